The van der Waals surface area contributed by atoms with E-state index in [1.165, 1.54) is 0 Å². The highest BCUT2D eigenvalue weighted by molar-refractivity contribution is 7.14. The summed E-state index contributed by atoms with van der Waals surface area (Å²) < 4.78 is 5.60. The fourth-order valence-electron chi connectivity index (χ4n) is 1.61. The molecule has 1 heterocycles. The number of para-hydroxylation sites is 1. The van der Waals surface area contributed by atoms with Crippen molar-refractivity contribution in [2.75, 3.05) is 12.5 Å². The van der Waals surface area contributed by atoms with Crippen molar-refractivity contribution in [1.82, 2.24) is 10.2 Å². The minimum absolute atomic E-state index is 0.648. The lowest BCUT2D eigenvalue weighted by Crippen LogP contribution is -1.93. The van der Waals surface area contributed by atoms with Gasteiger partial charge >= 0.3 is 0 Å². The van der Waals surface area contributed by atoms with Gasteiger partial charge in [0.25, 0.3) is 0 Å². The number of halogens is 1. The lowest BCUT2D eigenvalue weighted by Gasteiger charge is -2.06. The molecule has 18 heavy (non-hydrogen) atoms. The molecule has 0 amide bonds. The SMILES string of the molecule is CCOc1ccccc1-c1nnc(CCCCl)s1. The normalized spacial score (nSPS) is 10.6. The Hall–Kier alpha value is -1.13. The van der Waals surface area contributed by atoms with E-state index in [9.17, 15) is 0 Å². The van der Waals surface area contributed by atoms with Gasteiger partial charge in [0.05, 0.1) is 12.2 Å². The molecule has 0 atom stereocenters. The Morgan fingerprint density at radius 1 is 1.28 bits per heavy atom. The van der Waals surface area contributed by atoms with Gasteiger partial charge in [-0.05, 0) is 25.5 Å². The molecule has 0 bridgehead atoms. The number of ether oxygens (including phenoxy) is 1. The van der Waals surface area contributed by atoms with E-state index in [-0.39, 0.29) is 0 Å². The van der Waals surface area contributed by atoms with Crippen LogP contribution in [0.4, 0.5) is 0 Å². The number of aryl methyl sites for hydroxylation is 1. The average Bonchev–Trinajstić information content (AvgIpc) is 2.86. The molecule has 0 unspecified atom stereocenters. The summed E-state index contributed by atoms with van der Waals surface area (Å²) in [6.45, 7) is 2.62. The summed E-state index contributed by atoms with van der Waals surface area (Å²) in [6.07, 6.45) is 1.82. The fraction of sp³-hybridized carbons (Fsp3) is 0.385. The Morgan fingerprint density at radius 2 is 2.11 bits per heavy atom. The van der Waals surface area contributed by atoms with Gasteiger partial charge in [-0.2, -0.15) is 0 Å². The van der Waals surface area contributed by atoms with Gasteiger partial charge in [-0.25, -0.2) is 0 Å². The number of rotatable bonds is 6. The molecular weight excluding hydrogens is 268 g/mol. The van der Waals surface area contributed by atoms with Crippen molar-refractivity contribution in [3.05, 3.63) is 29.3 Å². The van der Waals surface area contributed by atoms with Gasteiger partial charge in [-0.15, -0.1) is 21.8 Å². The molecule has 1 aromatic heterocycles. The maximum atomic E-state index is 5.68. The molecule has 0 spiro atoms. The van der Waals surface area contributed by atoms with Gasteiger partial charge < -0.3 is 4.74 Å². The lowest BCUT2D eigenvalue weighted by molar-refractivity contribution is 0.341. The molecule has 3 nitrogen and oxygen atoms in total. The van der Waals surface area contributed by atoms with Crippen molar-refractivity contribution in [2.45, 2.75) is 19.8 Å². The van der Waals surface area contributed by atoms with Crippen LogP contribution in [-0.4, -0.2) is 22.7 Å². The Kier molecular flexibility index (Phi) is 4.96. The number of nitrogens with zero attached hydrogens (tertiary/aromatic N) is 2. The minimum Gasteiger partial charge on any atom is -0.493 e. The van der Waals surface area contributed by atoms with E-state index in [0.717, 1.165) is 34.2 Å². The molecule has 0 aliphatic carbocycles. The van der Waals surface area contributed by atoms with Crippen LogP contribution in [0.25, 0.3) is 10.6 Å². The predicted molar refractivity (Wildman–Crippen MR) is 75.6 cm³/mol. The van der Waals surface area contributed by atoms with E-state index in [2.05, 4.69) is 10.2 Å². The van der Waals surface area contributed by atoms with E-state index < -0.39 is 0 Å². The van der Waals surface area contributed by atoms with Gasteiger partial charge in [0.1, 0.15) is 10.8 Å². The Morgan fingerprint density at radius 3 is 2.89 bits per heavy atom. The second kappa shape index (κ2) is 6.71. The van der Waals surface area contributed by atoms with Crippen LogP contribution < -0.4 is 4.74 Å². The molecule has 2 rings (SSSR count). The first-order valence-electron chi connectivity index (χ1n) is 5.95. The van der Waals surface area contributed by atoms with Crippen molar-refractivity contribution in [3.63, 3.8) is 0 Å². The zero-order valence-corrected chi connectivity index (χ0v) is 11.8. The van der Waals surface area contributed by atoms with E-state index in [1.54, 1.807) is 11.3 Å². The fourth-order valence-corrected chi connectivity index (χ4v) is 2.65. The van der Waals surface area contributed by atoms with Gasteiger partial charge in [0.15, 0.2) is 5.01 Å². The third kappa shape index (κ3) is 3.21. The molecular formula is C13H15ClN2OS. The molecule has 0 saturated carbocycles. The van der Waals surface area contributed by atoms with E-state index in [4.69, 9.17) is 16.3 Å². The first-order chi connectivity index (χ1) is 8.85. The molecule has 1 aromatic carbocycles. The van der Waals surface area contributed by atoms with Crippen LogP contribution in [0.1, 0.15) is 18.4 Å². The van der Waals surface area contributed by atoms with Crippen LogP contribution in [0.3, 0.4) is 0 Å². The van der Waals surface area contributed by atoms with E-state index in [1.807, 2.05) is 31.2 Å². The number of benzene rings is 1. The third-order valence-corrected chi connectivity index (χ3v) is 3.69. The minimum atomic E-state index is 0.648. The molecule has 5 heteroatoms. The number of hydrogen-bond donors (Lipinski definition) is 0. The molecule has 0 aliphatic rings. The van der Waals surface area contributed by atoms with Crippen molar-refractivity contribution in [2.24, 2.45) is 0 Å². The zero-order valence-electron chi connectivity index (χ0n) is 10.2. The summed E-state index contributed by atoms with van der Waals surface area (Å²) >= 11 is 7.28. The number of aromatic nitrogens is 2. The lowest BCUT2D eigenvalue weighted by atomic mass is 10.2. The molecule has 0 fully saturated rings. The standard InChI is InChI=1S/C13H15ClN2OS/c1-2-17-11-7-4-3-6-10(11)13-16-15-12(18-13)8-5-9-14/h3-4,6-7H,2,5,8-9H2,1H3. The monoisotopic (exact) mass is 282 g/mol. The van der Waals surface area contributed by atoms with Crippen LogP contribution in [0, 0.1) is 0 Å². The van der Waals surface area contributed by atoms with Crippen LogP contribution in [0.15, 0.2) is 24.3 Å². The quantitative estimate of drug-likeness (QED) is 0.757. The van der Waals surface area contributed by atoms with Gasteiger partial charge in [-0.3, -0.25) is 0 Å². The first-order valence-corrected chi connectivity index (χ1v) is 7.30. The zero-order chi connectivity index (χ0) is 12.8. The Labute approximate surface area is 116 Å². The molecule has 0 radical (unpaired) electrons. The number of hydrogen-bond acceptors (Lipinski definition) is 4. The topological polar surface area (TPSA) is 35.0 Å². The Bertz CT molecular complexity index is 501. The second-order valence-electron chi connectivity index (χ2n) is 3.72. The first kappa shape index (κ1) is 13.3. The summed E-state index contributed by atoms with van der Waals surface area (Å²) in [5, 5.41) is 10.3. The summed E-state index contributed by atoms with van der Waals surface area (Å²) in [5.74, 6) is 1.52. The summed E-state index contributed by atoms with van der Waals surface area (Å²) in [4.78, 5) is 0. The smallest absolute Gasteiger partial charge is 0.151 e. The van der Waals surface area contributed by atoms with Gasteiger partial charge in [0, 0.05) is 12.3 Å². The number of alkyl halides is 1. The predicted octanol–water partition coefficient (Wildman–Crippen LogP) is 3.78. The summed E-state index contributed by atoms with van der Waals surface area (Å²) in [5.41, 5.74) is 1.01. The van der Waals surface area contributed by atoms with Gasteiger partial charge in [0.2, 0.25) is 0 Å². The maximum absolute atomic E-state index is 5.68. The average molecular weight is 283 g/mol. The van der Waals surface area contributed by atoms with Crippen molar-refractivity contribution in [3.8, 4) is 16.3 Å². The van der Waals surface area contributed by atoms with Crippen LogP contribution in [0.5, 0.6) is 5.75 Å². The van der Waals surface area contributed by atoms with E-state index in [0.29, 0.717) is 12.5 Å². The van der Waals surface area contributed by atoms with E-state index >= 15 is 0 Å². The van der Waals surface area contributed by atoms with Crippen LogP contribution in [0.2, 0.25) is 0 Å². The molecule has 96 valence electrons. The highest BCUT2D eigenvalue weighted by Gasteiger charge is 2.11. The van der Waals surface area contributed by atoms with Gasteiger partial charge in [-0.1, -0.05) is 23.5 Å². The highest BCUT2D eigenvalue weighted by atomic mass is 35.5. The highest BCUT2D eigenvalue weighted by Crippen LogP contribution is 2.32. The molecule has 2 aromatic rings. The van der Waals surface area contributed by atoms with Crippen molar-refractivity contribution >= 4 is 22.9 Å². The van der Waals surface area contributed by atoms with Crippen molar-refractivity contribution < 1.29 is 4.74 Å². The van der Waals surface area contributed by atoms with Crippen LogP contribution in [-0.2, 0) is 6.42 Å². The molecule has 0 aliphatic heterocycles. The largest absolute Gasteiger partial charge is 0.493 e. The van der Waals surface area contributed by atoms with Crippen molar-refractivity contribution in [1.29, 1.82) is 0 Å². The summed E-state index contributed by atoms with van der Waals surface area (Å²) in [7, 11) is 0. The molecule has 0 N–H and O–H groups in total. The van der Waals surface area contributed by atoms with Crippen LogP contribution >= 0.6 is 22.9 Å². The molecule has 0 saturated heterocycles. The Balaban J connectivity index is 2.22. The maximum Gasteiger partial charge on any atom is 0.151 e. The summed E-state index contributed by atoms with van der Waals surface area (Å²) in [6, 6.07) is 7.91. The second-order valence-corrected chi connectivity index (χ2v) is 5.16. The third-order valence-electron chi connectivity index (χ3n) is 2.41.